The molecule has 0 unspecified atom stereocenters. The largest absolute Gasteiger partial charge is 0.356 e. The van der Waals surface area contributed by atoms with Crippen molar-refractivity contribution < 1.29 is 8.91 Å². The number of aromatic nitrogens is 1. The second kappa shape index (κ2) is 3.96. The first-order valence-corrected chi connectivity index (χ1v) is 5.67. The molecule has 0 atom stereocenters. The molecule has 17 heavy (non-hydrogen) atoms. The lowest BCUT2D eigenvalue weighted by Gasteiger charge is -2.21. The van der Waals surface area contributed by atoms with Gasteiger partial charge in [0.1, 0.15) is 11.5 Å². The topological polar surface area (TPSA) is 29.3 Å². The van der Waals surface area contributed by atoms with Gasteiger partial charge in [-0.1, -0.05) is 11.2 Å². The molecule has 3 rings (SSSR count). The Morgan fingerprint density at radius 3 is 3.12 bits per heavy atom. The number of hydrogen-bond donors (Lipinski definition) is 0. The summed E-state index contributed by atoms with van der Waals surface area (Å²) >= 11 is 0. The van der Waals surface area contributed by atoms with Gasteiger partial charge in [-0.3, -0.25) is 0 Å². The summed E-state index contributed by atoms with van der Waals surface area (Å²) in [6, 6.07) is 4.54. The molecule has 2 heterocycles. The molecule has 0 aliphatic carbocycles. The van der Waals surface area contributed by atoms with Gasteiger partial charge in [0.2, 0.25) is 0 Å². The van der Waals surface area contributed by atoms with Gasteiger partial charge < -0.3 is 9.42 Å². The molecule has 2 aromatic rings. The summed E-state index contributed by atoms with van der Waals surface area (Å²) < 4.78 is 18.2. The fourth-order valence-corrected chi connectivity index (χ4v) is 2.21. The van der Waals surface area contributed by atoms with E-state index in [1.807, 2.05) is 0 Å². The molecule has 0 fully saturated rings. The van der Waals surface area contributed by atoms with E-state index in [9.17, 15) is 4.39 Å². The van der Waals surface area contributed by atoms with E-state index < -0.39 is 0 Å². The summed E-state index contributed by atoms with van der Waals surface area (Å²) in [4.78, 5) is 2.24. The molecule has 1 aliphatic heterocycles. The van der Waals surface area contributed by atoms with Crippen molar-refractivity contribution in [3.63, 3.8) is 0 Å². The van der Waals surface area contributed by atoms with E-state index in [2.05, 4.69) is 23.2 Å². The maximum atomic E-state index is 13.0. The SMILES string of the molecule is CN1CCC=C(c2noc3cc(F)ccc23)C1. The van der Waals surface area contributed by atoms with Crippen LogP contribution in [0.3, 0.4) is 0 Å². The minimum absolute atomic E-state index is 0.296. The number of nitrogens with zero attached hydrogens (tertiary/aromatic N) is 2. The molecule has 1 aliphatic rings. The Balaban J connectivity index is 2.09. The predicted octanol–water partition coefficient (Wildman–Crippen LogP) is 2.69. The van der Waals surface area contributed by atoms with Crippen LogP contribution in [0.15, 0.2) is 28.8 Å². The zero-order valence-electron chi connectivity index (χ0n) is 9.61. The van der Waals surface area contributed by atoms with Gasteiger partial charge in [-0.05, 0) is 31.2 Å². The lowest BCUT2D eigenvalue weighted by molar-refractivity contribution is 0.370. The normalized spacial score (nSPS) is 17.4. The Bertz CT molecular complexity index is 588. The van der Waals surface area contributed by atoms with Gasteiger partial charge in [0, 0.05) is 24.5 Å². The summed E-state index contributed by atoms with van der Waals surface area (Å²) in [7, 11) is 2.08. The van der Waals surface area contributed by atoms with Crippen molar-refractivity contribution in [3.05, 3.63) is 35.8 Å². The van der Waals surface area contributed by atoms with Crippen molar-refractivity contribution in [2.24, 2.45) is 0 Å². The smallest absolute Gasteiger partial charge is 0.170 e. The summed E-state index contributed by atoms with van der Waals surface area (Å²) in [5, 5.41) is 4.94. The number of rotatable bonds is 1. The molecule has 0 amide bonds. The Hall–Kier alpha value is -1.68. The van der Waals surface area contributed by atoms with E-state index in [1.165, 1.54) is 12.1 Å². The molecule has 0 radical (unpaired) electrons. The Labute approximate surface area is 98.5 Å². The maximum Gasteiger partial charge on any atom is 0.170 e. The van der Waals surface area contributed by atoms with Crippen molar-refractivity contribution in [3.8, 4) is 0 Å². The van der Waals surface area contributed by atoms with E-state index in [0.29, 0.717) is 5.58 Å². The van der Waals surface area contributed by atoms with Gasteiger partial charge in [0.05, 0.1) is 0 Å². The molecule has 1 aromatic carbocycles. The van der Waals surface area contributed by atoms with E-state index in [1.54, 1.807) is 6.07 Å². The van der Waals surface area contributed by atoms with Crippen LogP contribution in [0.2, 0.25) is 0 Å². The number of likely N-dealkylation sites (N-methyl/N-ethyl adjacent to an activating group) is 1. The third kappa shape index (κ3) is 1.85. The second-order valence-electron chi connectivity index (χ2n) is 4.43. The minimum atomic E-state index is -0.296. The van der Waals surface area contributed by atoms with E-state index in [-0.39, 0.29) is 5.82 Å². The van der Waals surface area contributed by atoms with Crippen LogP contribution in [0.25, 0.3) is 16.5 Å². The van der Waals surface area contributed by atoms with Crippen molar-refractivity contribution in [2.45, 2.75) is 6.42 Å². The minimum Gasteiger partial charge on any atom is -0.356 e. The third-order valence-corrected chi connectivity index (χ3v) is 3.08. The highest BCUT2D eigenvalue weighted by atomic mass is 19.1. The fraction of sp³-hybridized carbons (Fsp3) is 0.308. The van der Waals surface area contributed by atoms with Gasteiger partial charge in [-0.2, -0.15) is 0 Å². The summed E-state index contributed by atoms with van der Waals surface area (Å²) in [5.74, 6) is -0.296. The quantitative estimate of drug-likeness (QED) is 0.757. The molecule has 1 aromatic heterocycles. The Morgan fingerprint density at radius 1 is 1.41 bits per heavy atom. The van der Waals surface area contributed by atoms with Crippen LogP contribution in [0, 0.1) is 5.82 Å². The Kier molecular flexibility index (Phi) is 2.44. The molecular weight excluding hydrogens is 219 g/mol. The number of halogens is 1. The number of fused-ring (bicyclic) bond motifs is 1. The van der Waals surface area contributed by atoms with Crippen LogP contribution in [0.4, 0.5) is 4.39 Å². The molecule has 0 spiro atoms. The van der Waals surface area contributed by atoms with Gasteiger partial charge in [0.15, 0.2) is 5.58 Å². The van der Waals surface area contributed by atoms with Crippen molar-refractivity contribution in [1.29, 1.82) is 0 Å². The van der Waals surface area contributed by atoms with Crippen LogP contribution in [0.1, 0.15) is 12.1 Å². The standard InChI is InChI=1S/C13H13FN2O/c1-16-6-2-3-9(8-16)13-11-5-4-10(14)7-12(11)17-15-13/h3-5,7H,2,6,8H2,1H3. The summed E-state index contributed by atoms with van der Waals surface area (Å²) in [6.45, 7) is 1.92. The van der Waals surface area contributed by atoms with Crippen molar-refractivity contribution in [2.75, 3.05) is 20.1 Å². The van der Waals surface area contributed by atoms with Crippen LogP contribution < -0.4 is 0 Å². The molecule has 0 bridgehead atoms. The maximum absolute atomic E-state index is 13.0. The third-order valence-electron chi connectivity index (χ3n) is 3.08. The molecule has 0 N–H and O–H groups in total. The van der Waals surface area contributed by atoms with Gasteiger partial charge in [0.25, 0.3) is 0 Å². The van der Waals surface area contributed by atoms with Gasteiger partial charge in [-0.15, -0.1) is 0 Å². The van der Waals surface area contributed by atoms with E-state index in [4.69, 9.17) is 4.52 Å². The zero-order chi connectivity index (χ0) is 11.8. The van der Waals surface area contributed by atoms with Gasteiger partial charge in [-0.25, -0.2) is 4.39 Å². The summed E-state index contributed by atoms with van der Waals surface area (Å²) in [5.41, 5.74) is 2.50. The number of hydrogen-bond acceptors (Lipinski definition) is 3. The van der Waals surface area contributed by atoms with Gasteiger partial charge >= 0.3 is 0 Å². The first-order valence-electron chi connectivity index (χ1n) is 5.67. The predicted molar refractivity (Wildman–Crippen MR) is 64.1 cm³/mol. The monoisotopic (exact) mass is 232 g/mol. The average Bonchev–Trinajstić information content (AvgIpc) is 2.71. The molecule has 4 heteroatoms. The van der Waals surface area contributed by atoms with Crippen LogP contribution in [0.5, 0.6) is 0 Å². The first-order chi connectivity index (χ1) is 8.24. The van der Waals surface area contributed by atoms with Crippen LogP contribution in [-0.4, -0.2) is 30.2 Å². The highest BCUT2D eigenvalue weighted by Crippen LogP contribution is 2.27. The lowest BCUT2D eigenvalue weighted by Crippen LogP contribution is -2.25. The molecule has 0 saturated heterocycles. The Morgan fingerprint density at radius 2 is 2.29 bits per heavy atom. The second-order valence-corrected chi connectivity index (χ2v) is 4.43. The molecular formula is C13H13FN2O. The molecule has 0 saturated carbocycles. The van der Waals surface area contributed by atoms with E-state index in [0.717, 1.165) is 36.2 Å². The van der Waals surface area contributed by atoms with E-state index >= 15 is 0 Å². The highest BCUT2D eigenvalue weighted by molar-refractivity contribution is 5.89. The molecule has 3 nitrogen and oxygen atoms in total. The lowest BCUT2D eigenvalue weighted by atomic mass is 10.0. The zero-order valence-corrected chi connectivity index (χ0v) is 9.61. The molecule has 88 valence electrons. The first kappa shape index (κ1) is 10.5. The highest BCUT2D eigenvalue weighted by Gasteiger charge is 2.17. The average molecular weight is 232 g/mol. The van der Waals surface area contributed by atoms with Crippen molar-refractivity contribution >= 4 is 16.5 Å². The van der Waals surface area contributed by atoms with Crippen LogP contribution >= 0.6 is 0 Å². The van der Waals surface area contributed by atoms with Crippen LogP contribution in [-0.2, 0) is 0 Å². The number of benzene rings is 1. The van der Waals surface area contributed by atoms with Crippen molar-refractivity contribution in [1.82, 2.24) is 10.1 Å². The summed E-state index contributed by atoms with van der Waals surface area (Å²) in [6.07, 6.45) is 3.20. The fourth-order valence-electron chi connectivity index (χ4n) is 2.21.